The van der Waals surface area contributed by atoms with Crippen LogP contribution in [0.2, 0.25) is 0 Å². The number of hydrogen-bond acceptors (Lipinski definition) is 2. The van der Waals surface area contributed by atoms with Crippen LogP contribution >= 0.6 is 0 Å². The summed E-state index contributed by atoms with van der Waals surface area (Å²) in [6.45, 7) is 4.47. The van der Waals surface area contributed by atoms with Gasteiger partial charge in [0.05, 0.1) is 7.11 Å². The molecule has 0 fully saturated rings. The fourth-order valence-electron chi connectivity index (χ4n) is 1.81. The molecule has 18 heavy (non-hydrogen) atoms. The largest absolute Gasteiger partial charge is 0.497 e. The van der Waals surface area contributed by atoms with Crippen LogP contribution in [0.1, 0.15) is 25.8 Å². The highest BCUT2D eigenvalue weighted by Crippen LogP contribution is 2.14. The van der Waals surface area contributed by atoms with Gasteiger partial charge in [0.25, 0.3) is 0 Å². The second-order valence-corrected chi connectivity index (χ2v) is 4.31. The Morgan fingerprint density at radius 1 is 1.44 bits per heavy atom. The summed E-state index contributed by atoms with van der Waals surface area (Å²) >= 11 is 0. The quantitative estimate of drug-likeness (QED) is 0.749. The molecule has 3 nitrogen and oxygen atoms in total. The van der Waals surface area contributed by atoms with Crippen molar-refractivity contribution in [3.8, 4) is 5.75 Å². The molecular formula is C15H21NO2. The average Bonchev–Trinajstić information content (AvgIpc) is 2.38. The van der Waals surface area contributed by atoms with Gasteiger partial charge in [0.2, 0.25) is 5.91 Å². The normalized spacial score (nSPS) is 11.2. The van der Waals surface area contributed by atoms with E-state index in [0.717, 1.165) is 23.3 Å². The molecule has 0 aromatic heterocycles. The number of likely N-dealkylation sites (N-methyl/N-ethyl adjacent to an activating group) is 1. The Labute approximate surface area is 109 Å². The number of amides is 1. The molecule has 0 N–H and O–H groups in total. The third-order valence-corrected chi connectivity index (χ3v) is 2.75. The number of carbonyl (C=O) groups excluding carboxylic acids is 1. The van der Waals surface area contributed by atoms with Gasteiger partial charge in [-0.25, -0.2) is 0 Å². The Morgan fingerprint density at radius 2 is 2.17 bits per heavy atom. The first-order valence-electron chi connectivity index (χ1n) is 6.13. The predicted octanol–water partition coefficient (Wildman–Crippen LogP) is 3.01. The zero-order valence-corrected chi connectivity index (χ0v) is 11.6. The summed E-state index contributed by atoms with van der Waals surface area (Å²) in [6.07, 6.45) is 2.83. The number of rotatable bonds is 5. The van der Waals surface area contributed by atoms with Crippen molar-refractivity contribution in [1.29, 1.82) is 0 Å². The Hall–Kier alpha value is -1.77. The number of nitrogens with zero attached hydrogens (tertiary/aromatic N) is 1. The van der Waals surface area contributed by atoms with Crippen LogP contribution < -0.4 is 4.74 Å². The van der Waals surface area contributed by atoms with Gasteiger partial charge in [0.1, 0.15) is 5.75 Å². The number of allylic oxidation sites excluding steroid dienone is 1. The lowest BCUT2D eigenvalue weighted by Crippen LogP contribution is -2.26. The van der Waals surface area contributed by atoms with Gasteiger partial charge in [-0.2, -0.15) is 0 Å². The Bertz CT molecular complexity index is 438. The number of carbonyl (C=O) groups is 1. The van der Waals surface area contributed by atoms with Crippen molar-refractivity contribution in [2.75, 3.05) is 14.2 Å². The van der Waals surface area contributed by atoms with E-state index in [1.807, 2.05) is 51.2 Å². The van der Waals surface area contributed by atoms with E-state index in [4.69, 9.17) is 4.74 Å². The van der Waals surface area contributed by atoms with E-state index in [1.165, 1.54) is 0 Å². The maximum Gasteiger partial charge on any atom is 0.249 e. The molecule has 0 saturated heterocycles. The Balaban J connectivity index is 2.72. The third kappa shape index (κ3) is 3.91. The zero-order valence-electron chi connectivity index (χ0n) is 11.6. The molecule has 98 valence electrons. The van der Waals surface area contributed by atoms with Crippen molar-refractivity contribution < 1.29 is 9.53 Å². The van der Waals surface area contributed by atoms with Crippen molar-refractivity contribution in [1.82, 2.24) is 4.90 Å². The Kier molecular flexibility index (Phi) is 5.43. The first kappa shape index (κ1) is 14.3. The molecule has 0 saturated carbocycles. The summed E-state index contributed by atoms with van der Waals surface area (Å²) < 4.78 is 5.17. The van der Waals surface area contributed by atoms with Crippen molar-refractivity contribution in [2.45, 2.75) is 26.8 Å². The minimum absolute atomic E-state index is 0.0691. The molecule has 3 heteroatoms. The van der Waals surface area contributed by atoms with E-state index in [-0.39, 0.29) is 5.91 Å². The topological polar surface area (TPSA) is 29.5 Å². The fraction of sp³-hybridized carbons (Fsp3) is 0.400. The summed E-state index contributed by atoms with van der Waals surface area (Å²) in [7, 11) is 3.46. The SMILES string of the molecule is CC/C=C(/C)C(=O)N(C)Cc1cccc(OC)c1. The molecular weight excluding hydrogens is 226 g/mol. The first-order chi connectivity index (χ1) is 8.58. The van der Waals surface area contributed by atoms with Gasteiger partial charge in [0.15, 0.2) is 0 Å². The first-order valence-corrected chi connectivity index (χ1v) is 6.13. The van der Waals surface area contributed by atoms with Crippen molar-refractivity contribution >= 4 is 5.91 Å². The van der Waals surface area contributed by atoms with Crippen LogP contribution in [0.25, 0.3) is 0 Å². The van der Waals surface area contributed by atoms with Gasteiger partial charge in [-0.1, -0.05) is 25.1 Å². The standard InChI is InChI=1S/C15H21NO2/c1-5-7-12(2)15(17)16(3)11-13-8-6-9-14(10-13)18-4/h6-10H,5,11H2,1-4H3/b12-7-. The van der Waals surface area contributed by atoms with Crippen LogP contribution in [0.4, 0.5) is 0 Å². The Morgan fingerprint density at radius 3 is 2.78 bits per heavy atom. The molecule has 0 radical (unpaired) electrons. The number of benzene rings is 1. The molecule has 0 atom stereocenters. The van der Waals surface area contributed by atoms with Gasteiger partial charge in [-0.05, 0) is 31.0 Å². The molecule has 0 unspecified atom stereocenters. The van der Waals surface area contributed by atoms with Crippen LogP contribution in [0, 0.1) is 0 Å². The van der Waals surface area contributed by atoms with E-state index in [2.05, 4.69) is 0 Å². The lowest BCUT2D eigenvalue weighted by atomic mass is 10.1. The molecule has 1 rings (SSSR count). The van der Waals surface area contributed by atoms with Crippen LogP contribution in [-0.2, 0) is 11.3 Å². The van der Waals surface area contributed by atoms with E-state index >= 15 is 0 Å². The number of methoxy groups -OCH3 is 1. The highest BCUT2D eigenvalue weighted by molar-refractivity contribution is 5.92. The summed E-state index contributed by atoms with van der Waals surface area (Å²) in [5, 5.41) is 0. The van der Waals surface area contributed by atoms with Gasteiger partial charge in [-0.15, -0.1) is 0 Å². The van der Waals surface area contributed by atoms with Crippen molar-refractivity contribution in [3.05, 3.63) is 41.5 Å². The van der Waals surface area contributed by atoms with Crippen molar-refractivity contribution in [3.63, 3.8) is 0 Å². The van der Waals surface area contributed by atoms with Crippen LogP contribution in [0.15, 0.2) is 35.9 Å². The maximum atomic E-state index is 12.0. The third-order valence-electron chi connectivity index (χ3n) is 2.75. The zero-order chi connectivity index (χ0) is 13.5. The van der Waals surface area contributed by atoms with Gasteiger partial charge >= 0.3 is 0 Å². The molecule has 1 aromatic carbocycles. The second kappa shape index (κ2) is 6.84. The molecule has 0 spiro atoms. The maximum absolute atomic E-state index is 12.0. The van der Waals surface area contributed by atoms with Crippen LogP contribution in [-0.4, -0.2) is 25.0 Å². The molecule has 1 aromatic rings. The van der Waals surface area contributed by atoms with Gasteiger partial charge in [0, 0.05) is 19.2 Å². The predicted molar refractivity (Wildman–Crippen MR) is 73.5 cm³/mol. The van der Waals surface area contributed by atoms with Gasteiger partial charge in [-0.3, -0.25) is 4.79 Å². The lowest BCUT2D eigenvalue weighted by Gasteiger charge is -2.18. The number of hydrogen-bond donors (Lipinski definition) is 0. The molecule has 0 bridgehead atoms. The molecule has 0 aliphatic heterocycles. The van der Waals surface area contributed by atoms with E-state index < -0.39 is 0 Å². The van der Waals surface area contributed by atoms with Crippen molar-refractivity contribution in [2.24, 2.45) is 0 Å². The van der Waals surface area contributed by atoms with E-state index in [9.17, 15) is 4.79 Å². The van der Waals surface area contributed by atoms with Crippen LogP contribution in [0.5, 0.6) is 5.75 Å². The summed E-state index contributed by atoms with van der Waals surface area (Å²) in [6, 6.07) is 7.77. The average molecular weight is 247 g/mol. The van der Waals surface area contributed by atoms with E-state index in [0.29, 0.717) is 6.54 Å². The molecule has 0 aliphatic rings. The lowest BCUT2D eigenvalue weighted by molar-refractivity contribution is -0.126. The highest BCUT2D eigenvalue weighted by Gasteiger charge is 2.10. The van der Waals surface area contributed by atoms with Gasteiger partial charge < -0.3 is 9.64 Å². The smallest absolute Gasteiger partial charge is 0.249 e. The van der Waals surface area contributed by atoms with E-state index in [1.54, 1.807) is 12.0 Å². The molecule has 0 aliphatic carbocycles. The minimum Gasteiger partial charge on any atom is -0.497 e. The minimum atomic E-state index is 0.0691. The monoisotopic (exact) mass is 247 g/mol. The molecule has 1 amide bonds. The van der Waals surface area contributed by atoms with Crippen LogP contribution in [0.3, 0.4) is 0 Å². The summed E-state index contributed by atoms with van der Waals surface area (Å²) in [5.41, 5.74) is 1.86. The second-order valence-electron chi connectivity index (χ2n) is 4.31. The fourth-order valence-corrected chi connectivity index (χ4v) is 1.81. The number of ether oxygens (including phenoxy) is 1. The summed E-state index contributed by atoms with van der Waals surface area (Å²) in [5.74, 6) is 0.883. The highest BCUT2D eigenvalue weighted by atomic mass is 16.5. The molecule has 0 heterocycles. The summed E-state index contributed by atoms with van der Waals surface area (Å²) in [4.78, 5) is 13.7.